The number of nitrogens with two attached hydrogens (primary N) is 1. The number of aliphatic imine (C=N–C) groups is 1. The minimum Gasteiger partial charge on any atom is -0.457 e. The lowest BCUT2D eigenvalue weighted by molar-refractivity contribution is 0.00578. The second-order valence-corrected chi connectivity index (χ2v) is 20.8. The molecule has 0 aliphatic carbocycles. The third-order valence-corrected chi connectivity index (χ3v) is 13.0. The van der Waals surface area contributed by atoms with E-state index in [-0.39, 0.29) is 74.7 Å². The van der Waals surface area contributed by atoms with E-state index in [1.165, 1.54) is 24.8 Å². The first-order valence-corrected chi connectivity index (χ1v) is 24.5. The van der Waals surface area contributed by atoms with Gasteiger partial charge in [-0.05, 0) is 79.1 Å². The van der Waals surface area contributed by atoms with Crippen LogP contribution in [0.5, 0.6) is 12.0 Å². The highest BCUT2D eigenvalue weighted by atomic mass is 35.5. The van der Waals surface area contributed by atoms with Crippen LogP contribution >= 0.6 is 11.6 Å². The molecule has 27 heteroatoms. The molecule has 5 aliphatic heterocycles. The van der Waals surface area contributed by atoms with Crippen LogP contribution in [0.4, 0.5) is 41.1 Å². The molecule has 404 valence electrons. The molecule has 0 saturated carbocycles. The molecule has 0 aromatic carbocycles. The van der Waals surface area contributed by atoms with Crippen molar-refractivity contribution in [2.75, 3.05) is 95.6 Å². The summed E-state index contributed by atoms with van der Waals surface area (Å²) in [5, 5.41) is 0.135. The Morgan fingerprint density at radius 1 is 0.716 bits per heavy atom. The maximum absolute atomic E-state index is 13.7. The van der Waals surface area contributed by atoms with Gasteiger partial charge in [-0.1, -0.05) is 0 Å². The number of nitrogens with zero attached hydrogens (tertiary/aromatic N) is 12. The number of aromatic nitrogens is 8. The van der Waals surface area contributed by atoms with Crippen molar-refractivity contribution in [1.82, 2.24) is 44.8 Å². The van der Waals surface area contributed by atoms with Crippen LogP contribution in [0, 0.1) is 0 Å². The predicted molar refractivity (Wildman–Crippen MR) is 268 cm³/mol. The van der Waals surface area contributed by atoms with E-state index in [1.54, 1.807) is 19.0 Å². The van der Waals surface area contributed by atoms with Crippen molar-refractivity contribution in [2.24, 2.45) is 4.99 Å². The monoisotopic (exact) mass is 1060 g/mol. The molecule has 0 radical (unpaired) electrons. The minimum atomic E-state index is -2.77. The third kappa shape index (κ3) is 14.1. The number of morpholine rings is 2. The predicted octanol–water partition coefficient (Wildman–Crippen LogP) is 6.08. The second kappa shape index (κ2) is 23.7. The molecule has 0 bridgehead atoms. The fraction of sp³-hybridized carbons (Fsp3) is 0.638. The van der Waals surface area contributed by atoms with E-state index in [9.17, 15) is 17.6 Å². The molecule has 5 fully saturated rings. The second-order valence-electron chi connectivity index (χ2n) is 20.4. The van der Waals surface area contributed by atoms with Crippen molar-refractivity contribution in [3.05, 3.63) is 40.9 Å². The van der Waals surface area contributed by atoms with Gasteiger partial charge in [0.25, 0.3) is 12.9 Å². The van der Waals surface area contributed by atoms with E-state index in [2.05, 4.69) is 63.6 Å². The van der Waals surface area contributed by atoms with Crippen molar-refractivity contribution in [3.63, 3.8) is 0 Å². The average molecular weight is 1060 g/mol. The molecule has 4 aromatic heterocycles. The van der Waals surface area contributed by atoms with Crippen LogP contribution in [0.25, 0.3) is 11.4 Å². The van der Waals surface area contributed by atoms with Gasteiger partial charge in [-0.2, -0.15) is 29.9 Å². The number of pyridine rings is 2. The highest BCUT2D eigenvalue weighted by Crippen LogP contribution is 2.38. The van der Waals surface area contributed by atoms with Crippen molar-refractivity contribution in [2.45, 2.75) is 116 Å². The van der Waals surface area contributed by atoms with Gasteiger partial charge in [0.05, 0.1) is 81.5 Å². The zero-order valence-electron chi connectivity index (χ0n) is 43.4. The van der Waals surface area contributed by atoms with E-state index >= 15 is 0 Å². The standard InChI is InChI=1S/C19H24F2N6O3.C15H22BF2N3O2.C13H19ClN4O3/c1-19(2)10-29-6-4-27(19)17-24-16(13-8-23-14(22)7-12(13)15(20)21)25-18(26-17)30-11-3-5-28-9-11;1-14(2)15(3,4)23-16(22-14)11-8-19-12(20-9-21(5)6)7-10(11)13(17)18;1-13(2)8-20-6-4-18(13)11-15-10(14)16-12(17-11)21-9-3-5-19-7-9/h7-8,11,15H,3-6,9-10H2,1-2H3,(H2,22,23);7-9,13H,1-6H3;9H,3-8H2,1-2H3/t11-;;9-/m0.0/s1. The number of ether oxygens (including phenoxy) is 6. The van der Waals surface area contributed by atoms with Crippen molar-refractivity contribution >= 4 is 54.1 Å². The number of anilines is 3. The lowest BCUT2D eigenvalue weighted by Gasteiger charge is -2.42. The molecule has 0 spiro atoms. The van der Waals surface area contributed by atoms with Gasteiger partial charge in [-0.25, -0.2) is 32.5 Å². The summed E-state index contributed by atoms with van der Waals surface area (Å²) in [5.41, 5.74) is 3.67. The van der Waals surface area contributed by atoms with Crippen LogP contribution in [0.1, 0.15) is 92.2 Å². The third-order valence-electron chi connectivity index (χ3n) is 12.8. The molecule has 9 rings (SSSR count). The number of hydrogen-bond acceptors (Lipinski definition) is 20. The highest BCUT2D eigenvalue weighted by molar-refractivity contribution is 6.62. The van der Waals surface area contributed by atoms with Gasteiger partial charge in [0.2, 0.25) is 17.2 Å². The topological polar surface area (TPSA) is 225 Å². The molecule has 5 saturated heterocycles. The normalized spacial score (nSPS) is 21.9. The van der Waals surface area contributed by atoms with Gasteiger partial charge in [-0.15, -0.1) is 0 Å². The number of hydrogen-bond donors (Lipinski definition) is 1. The fourth-order valence-electron chi connectivity index (χ4n) is 8.03. The molecule has 9 heterocycles. The Morgan fingerprint density at radius 2 is 1.26 bits per heavy atom. The Labute approximate surface area is 433 Å². The molecule has 21 nitrogen and oxygen atoms in total. The maximum Gasteiger partial charge on any atom is 0.496 e. The zero-order chi connectivity index (χ0) is 53.6. The molecule has 5 aliphatic rings. The largest absolute Gasteiger partial charge is 0.496 e. The molecule has 2 N–H and O–H groups in total. The Bertz CT molecular complexity index is 2550. The summed E-state index contributed by atoms with van der Waals surface area (Å²) in [6.07, 6.45) is -0.00887. The zero-order valence-corrected chi connectivity index (χ0v) is 44.1. The molecular weight excluding hydrogens is 997 g/mol. The highest BCUT2D eigenvalue weighted by Gasteiger charge is 2.53. The first kappa shape index (κ1) is 56.4. The van der Waals surface area contributed by atoms with Crippen molar-refractivity contribution < 1.29 is 55.3 Å². The number of halogens is 5. The van der Waals surface area contributed by atoms with Crippen molar-refractivity contribution in [1.29, 1.82) is 0 Å². The minimum absolute atomic E-state index is 0.00257. The van der Waals surface area contributed by atoms with E-state index < -0.39 is 36.7 Å². The van der Waals surface area contributed by atoms with Gasteiger partial charge in [-0.3, -0.25) is 0 Å². The van der Waals surface area contributed by atoms with Crippen LogP contribution in [0.3, 0.4) is 0 Å². The molecule has 0 amide bonds. The van der Waals surface area contributed by atoms with E-state index in [4.69, 9.17) is 55.1 Å². The smallest absolute Gasteiger partial charge is 0.457 e. The number of rotatable bonds is 12. The summed E-state index contributed by atoms with van der Waals surface area (Å²) in [7, 11) is 2.70. The molecule has 4 aromatic rings. The van der Waals surface area contributed by atoms with Gasteiger partial charge < -0.3 is 58.2 Å². The summed E-state index contributed by atoms with van der Waals surface area (Å²) in [4.78, 5) is 43.8. The van der Waals surface area contributed by atoms with E-state index in [1.807, 2.05) is 46.4 Å². The molecule has 0 unspecified atom stereocenters. The lowest BCUT2D eigenvalue weighted by atomic mass is 9.77. The van der Waals surface area contributed by atoms with Gasteiger partial charge in [0.1, 0.15) is 18.0 Å². The molecule has 2 atom stereocenters. The Hall–Kier alpha value is -5.38. The van der Waals surface area contributed by atoms with Crippen LogP contribution < -0.4 is 30.5 Å². The SMILES string of the molecule is CC1(C)COCCN1c1nc(Cl)nc(O[C@H]2CCOC2)n1.CC1(C)COCCN1c1nc(O[C@H]2CCOC2)nc(-c2cnc(N)cc2C(F)F)n1.CN(C)C=Nc1cc(C(F)F)c(B2OC(C)(C)C(C)(C)O2)cn1. The first-order valence-electron chi connectivity index (χ1n) is 24.2. The molecule has 74 heavy (non-hydrogen) atoms. The van der Waals surface area contributed by atoms with Gasteiger partial charge in [0, 0.05) is 74.6 Å². The van der Waals surface area contributed by atoms with Crippen LogP contribution in [0.15, 0.2) is 29.5 Å². The summed E-state index contributed by atoms with van der Waals surface area (Å²) in [6.45, 7) is 21.4. The summed E-state index contributed by atoms with van der Waals surface area (Å²) in [6, 6.07) is 2.71. The van der Waals surface area contributed by atoms with Crippen LogP contribution in [-0.2, 0) is 28.3 Å². The van der Waals surface area contributed by atoms with Crippen LogP contribution in [0.2, 0.25) is 5.28 Å². The summed E-state index contributed by atoms with van der Waals surface area (Å²) >= 11 is 6.02. The van der Waals surface area contributed by atoms with E-state index in [0.717, 1.165) is 12.5 Å². The Balaban J connectivity index is 0.000000165. The average Bonchev–Trinajstić information content (AvgIpc) is 4.09. The maximum atomic E-state index is 13.7. The summed E-state index contributed by atoms with van der Waals surface area (Å²) in [5.74, 6) is 1.13. The summed E-state index contributed by atoms with van der Waals surface area (Å²) < 4.78 is 99.2. The Kier molecular flexibility index (Phi) is 18.0. The molecular formula is C47H65BClF4N13O8. The fourth-order valence-corrected chi connectivity index (χ4v) is 8.18. The van der Waals surface area contributed by atoms with Crippen LogP contribution in [-0.4, -0.2) is 173 Å². The Morgan fingerprint density at radius 3 is 1.76 bits per heavy atom. The number of nitrogen functional groups attached to an aromatic ring is 1. The number of alkyl halides is 4. The van der Waals surface area contributed by atoms with Gasteiger partial charge >= 0.3 is 19.1 Å². The quantitative estimate of drug-likeness (QED) is 0.0734. The van der Waals surface area contributed by atoms with Gasteiger partial charge in [0.15, 0.2) is 11.6 Å². The van der Waals surface area contributed by atoms with Crippen molar-refractivity contribution in [3.8, 4) is 23.4 Å². The lowest BCUT2D eigenvalue weighted by Crippen LogP contribution is -2.54. The first-order chi connectivity index (χ1) is 34.9. The van der Waals surface area contributed by atoms with E-state index in [0.29, 0.717) is 84.3 Å².